The average Bonchev–Trinajstić information content (AvgIpc) is 3.33. The van der Waals surface area contributed by atoms with Crippen molar-refractivity contribution in [2.24, 2.45) is 0 Å². The Morgan fingerprint density at radius 2 is 1.81 bits per heavy atom. The van der Waals surface area contributed by atoms with Gasteiger partial charge in [-0.1, -0.05) is 17.3 Å². The van der Waals surface area contributed by atoms with Gasteiger partial charge in [-0.25, -0.2) is 4.85 Å². The van der Waals surface area contributed by atoms with Crippen molar-refractivity contribution in [1.82, 2.24) is 19.9 Å². The third-order valence-electron chi connectivity index (χ3n) is 4.40. The maximum Gasteiger partial charge on any atom is 0.416 e. The van der Waals surface area contributed by atoms with E-state index < -0.39 is 29.2 Å². The van der Waals surface area contributed by atoms with Crippen molar-refractivity contribution in [2.75, 3.05) is 0 Å². The monoisotopic (exact) mass is 437 g/mol. The first-order valence-electron chi connectivity index (χ1n) is 8.51. The van der Waals surface area contributed by atoms with Crippen LogP contribution in [0, 0.1) is 6.57 Å². The van der Waals surface area contributed by atoms with Gasteiger partial charge >= 0.3 is 12.4 Å². The maximum absolute atomic E-state index is 13.4. The van der Waals surface area contributed by atoms with Crippen molar-refractivity contribution >= 4 is 16.6 Å². The van der Waals surface area contributed by atoms with Crippen LogP contribution in [0.4, 0.5) is 32.0 Å². The van der Waals surface area contributed by atoms with Gasteiger partial charge < -0.3 is 4.52 Å². The molecule has 31 heavy (non-hydrogen) atoms. The second-order valence-corrected chi connectivity index (χ2v) is 6.40. The SMILES string of the molecule is [C-]#[N+]c1ccc2c(cnn2Cc2noc(-c3cccc(C(F)(F)F)c3)n2)c1C(F)(F)F. The fourth-order valence-electron chi connectivity index (χ4n) is 3.06. The molecule has 12 heteroatoms. The van der Waals surface area contributed by atoms with Crippen molar-refractivity contribution in [1.29, 1.82) is 0 Å². The summed E-state index contributed by atoms with van der Waals surface area (Å²) in [6, 6.07) is 6.65. The number of halogens is 6. The van der Waals surface area contributed by atoms with E-state index in [9.17, 15) is 26.3 Å². The summed E-state index contributed by atoms with van der Waals surface area (Å²) in [5.74, 6) is -0.177. The molecule has 0 radical (unpaired) electrons. The number of alkyl halides is 6. The normalized spacial score (nSPS) is 12.3. The first kappa shape index (κ1) is 20.4. The summed E-state index contributed by atoms with van der Waals surface area (Å²) in [6.45, 7) is 6.77. The molecule has 0 saturated heterocycles. The molecule has 0 atom stereocenters. The minimum atomic E-state index is -4.75. The molecular weight excluding hydrogens is 428 g/mol. The zero-order valence-corrected chi connectivity index (χ0v) is 15.2. The van der Waals surface area contributed by atoms with E-state index in [0.717, 1.165) is 24.4 Å². The molecule has 0 aliphatic heterocycles. The molecule has 2 aromatic heterocycles. The second-order valence-electron chi connectivity index (χ2n) is 6.40. The molecule has 0 saturated carbocycles. The van der Waals surface area contributed by atoms with E-state index in [1.807, 2.05) is 0 Å². The van der Waals surface area contributed by atoms with E-state index in [2.05, 4.69) is 20.1 Å². The van der Waals surface area contributed by atoms with Gasteiger partial charge in [0, 0.05) is 10.9 Å². The van der Waals surface area contributed by atoms with E-state index in [1.54, 1.807) is 0 Å². The van der Waals surface area contributed by atoms with Gasteiger partial charge in [0.05, 0.1) is 29.4 Å². The molecule has 0 aliphatic carbocycles. The molecule has 158 valence electrons. The highest BCUT2D eigenvalue weighted by molar-refractivity contribution is 5.88. The summed E-state index contributed by atoms with van der Waals surface area (Å²) >= 11 is 0. The van der Waals surface area contributed by atoms with Crippen LogP contribution in [0.15, 0.2) is 47.1 Å². The predicted octanol–water partition coefficient (Wildman–Crippen LogP) is 5.72. The van der Waals surface area contributed by atoms with Crippen molar-refractivity contribution < 1.29 is 30.9 Å². The quantitative estimate of drug-likeness (QED) is 0.304. The van der Waals surface area contributed by atoms with Crippen LogP contribution in [0.1, 0.15) is 17.0 Å². The molecule has 2 heterocycles. The summed E-state index contributed by atoms with van der Waals surface area (Å²) in [5.41, 5.74) is -2.40. The number of hydrogen-bond acceptors (Lipinski definition) is 4. The van der Waals surface area contributed by atoms with Gasteiger partial charge in [-0.2, -0.15) is 36.4 Å². The number of nitrogens with zero attached hydrogens (tertiary/aromatic N) is 5. The highest BCUT2D eigenvalue weighted by Crippen LogP contribution is 2.41. The van der Waals surface area contributed by atoms with Crippen LogP contribution < -0.4 is 0 Å². The van der Waals surface area contributed by atoms with Gasteiger partial charge in [0.2, 0.25) is 0 Å². The second kappa shape index (κ2) is 7.12. The van der Waals surface area contributed by atoms with Gasteiger partial charge in [-0.3, -0.25) is 4.68 Å². The summed E-state index contributed by atoms with van der Waals surface area (Å²) in [7, 11) is 0. The molecule has 0 unspecified atom stereocenters. The number of aromatic nitrogens is 4. The Kier molecular flexibility index (Phi) is 4.68. The third-order valence-corrected chi connectivity index (χ3v) is 4.40. The van der Waals surface area contributed by atoms with Gasteiger partial charge in [0.1, 0.15) is 6.54 Å². The summed E-state index contributed by atoms with van der Waals surface area (Å²) in [4.78, 5) is 6.93. The molecule has 0 fully saturated rings. The standard InChI is InChI=1S/C19H9F6N5O/c1-26-13-5-6-14-12(16(13)19(23,24)25)8-27-30(14)9-15-28-17(31-29-15)10-3-2-4-11(7-10)18(20,21)22/h2-8H,9H2. The zero-order valence-electron chi connectivity index (χ0n) is 15.2. The fourth-order valence-corrected chi connectivity index (χ4v) is 3.06. The molecule has 0 bridgehead atoms. The van der Waals surface area contributed by atoms with Crippen LogP contribution in [0.3, 0.4) is 0 Å². The van der Waals surface area contributed by atoms with E-state index in [0.29, 0.717) is 0 Å². The van der Waals surface area contributed by atoms with Gasteiger partial charge in [0.25, 0.3) is 5.89 Å². The molecule has 0 amide bonds. The van der Waals surface area contributed by atoms with Gasteiger partial charge in [-0.15, -0.1) is 0 Å². The summed E-state index contributed by atoms with van der Waals surface area (Å²) in [6.07, 6.45) is -8.32. The molecule has 2 aromatic carbocycles. The Hall–Kier alpha value is -3.88. The Morgan fingerprint density at radius 3 is 2.48 bits per heavy atom. The molecule has 0 N–H and O–H groups in total. The predicted molar refractivity (Wildman–Crippen MR) is 94.8 cm³/mol. The number of fused-ring (bicyclic) bond motifs is 1. The highest BCUT2D eigenvalue weighted by Gasteiger charge is 2.36. The molecule has 4 aromatic rings. The smallest absolute Gasteiger partial charge is 0.334 e. The van der Waals surface area contributed by atoms with Crippen molar-refractivity contribution in [3.05, 3.63) is 71.0 Å². The van der Waals surface area contributed by atoms with Crippen LogP contribution in [-0.2, 0) is 18.9 Å². The topological polar surface area (TPSA) is 61.1 Å². The first-order valence-corrected chi connectivity index (χ1v) is 8.51. The Bertz CT molecular complexity index is 1310. The minimum absolute atomic E-state index is 0.000209. The summed E-state index contributed by atoms with van der Waals surface area (Å²) in [5, 5.41) is 7.32. The van der Waals surface area contributed by atoms with E-state index in [-0.39, 0.29) is 34.7 Å². The molecule has 4 rings (SSSR count). The van der Waals surface area contributed by atoms with Crippen LogP contribution in [-0.4, -0.2) is 19.9 Å². The lowest BCUT2D eigenvalue weighted by atomic mass is 10.1. The van der Waals surface area contributed by atoms with Crippen LogP contribution in [0.2, 0.25) is 0 Å². The van der Waals surface area contributed by atoms with Crippen LogP contribution in [0.25, 0.3) is 27.2 Å². The lowest BCUT2D eigenvalue weighted by Crippen LogP contribution is -2.07. The van der Waals surface area contributed by atoms with E-state index in [1.165, 1.54) is 22.9 Å². The van der Waals surface area contributed by atoms with Crippen molar-refractivity contribution in [2.45, 2.75) is 18.9 Å². The lowest BCUT2D eigenvalue weighted by molar-refractivity contribution is -0.137. The molecule has 6 nitrogen and oxygen atoms in total. The van der Waals surface area contributed by atoms with Gasteiger partial charge in [-0.05, 0) is 24.3 Å². The van der Waals surface area contributed by atoms with Crippen LogP contribution >= 0.6 is 0 Å². The maximum atomic E-state index is 13.4. The van der Waals surface area contributed by atoms with Crippen LogP contribution in [0.5, 0.6) is 0 Å². The Morgan fingerprint density at radius 1 is 1.03 bits per heavy atom. The zero-order chi connectivity index (χ0) is 22.4. The first-order chi connectivity index (χ1) is 14.6. The van der Waals surface area contributed by atoms with Crippen molar-refractivity contribution in [3.8, 4) is 11.5 Å². The molecule has 0 spiro atoms. The molecule has 0 aliphatic rings. The van der Waals surface area contributed by atoms with Crippen molar-refractivity contribution in [3.63, 3.8) is 0 Å². The van der Waals surface area contributed by atoms with Gasteiger partial charge in [0.15, 0.2) is 11.5 Å². The Labute approximate surface area is 169 Å². The van der Waals surface area contributed by atoms with E-state index in [4.69, 9.17) is 11.1 Å². The number of rotatable bonds is 3. The summed E-state index contributed by atoms with van der Waals surface area (Å²) < 4.78 is 85.1. The Balaban J connectivity index is 1.68. The fraction of sp³-hybridized carbons (Fsp3) is 0.158. The van der Waals surface area contributed by atoms with E-state index >= 15 is 0 Å². The number of hydrogen-bond donors (Lipinski definition) is 0. The minimum Gasteiger partial charge on any atom is -0.334 e. The lowest BCUT2D eigenvalue weighted by Gasteiger charge is -2.10. The average molecular weight is 437 g/mol. The number of benzene rings is 2. The molecular formula is C19H9F6N5O. The third kappa shape index (κ3) is 3.81. The largest absolute Gasteiger partial charge is 0.416 e. The highest BCUT2D eigenvalue weighted by atomic mass is 19.4.